The molecule has 20 heavy (non-hydrogen) atoms. The highest BCUT2D eigenvalue weighted by Crippen LogP contribution is 2.20. The molecule has 106 valence electrons. The molecule has 0 saturated heterocycles. The van der Waals surface area contributed by atoms with E-state index in [1.807, 2.05) is 0 Å². The van der Waals surface area contributed by atoms with Gasteiger partial charge in [-0.1, -0.05) is 13.3 Å². The van der Waals surface area contributed by atoms with E-state index in [1.165, 1.54) is 24.4 Å². The molecule has 0 amide bonds. The van der Waals surface area contributed by atoms with Gasteiger partial charge in [0.25, 0.3) is 0 Å². The third-order valence-corrected chi connectivity index (χ3v) is 3.01. The van der Waals surface area contributed by atoms with E-state index in [-0.39, 0.29) is 10.8 Å². The van der Waals surface area contributed by atoms with Crippen molar-refractivity contribution >= 4 is 24.0 Å². The number of nitrogens with zero attached hydrogens (tertiary/aromatic N) is 5. The van der Waals surface area contributed by atoms with Crippen LogP contribution < -0.4 is 10.3 Å². The summed E-state index contributed by atoms with van der Waals surface area (Å²) in [4.78, 5) is 28.0. The largest absolute Gasteiger partial charge is 0.370 e. The molecule has 0 bridgehead atoms. The predicted octanol–water partition coefficient (Wildman–Crippen LogP) is 1.55. The normalized spacial score (nSPS) is 10.4. The molecule has 2 N–H and O–H groups in total. The number of hydrogen-bond acceptors (Lipinski definition) is 9. The SMILES string of the molecule is CCCCNOc1nc(Sc2ncncn2)nc(=S)[nH]1. The van der Waals surface area contributed by atoms with Crippen LogP contribution >= 0.6 is 24.0 Å². The summed E-state index contributed by atoms with van der Waals surface area (Å²) in [6.07, 6.45) is 4.90. The van der Waals surface area contributed by atoms with Gasteiger partial charge in [-0.05, 0) is 30.4 Å². The Morgan fingerprint density at radius 3 is 2.85 bits per heavy atom. The number of nitrogens with one attached hydrogen (secondary N) is 2. The predicted molar refractivity (Wildman–Crippen MR) is 74.7 cm³/mol. The number of hydrogen-bond donors (Lipinski definition) is 2. The highest BCUT2D eigenvalue weighted by Gasteiger charge is 2.06. The Bertz CT molecular complexity index is 592. The van der Waals surface area contributed by atoms with Crippen LogP contribution in [0.5, 0.6) is 6.01 Å². The quantitative estimate of drug-likeness (QED) is 0.448. The first kappa shape index (κ1) is 14.8. The first-order chi connectivity index (χ1) is 9.78. The number of rotatable bonds is 7. The van der Waals surface area contributed by atoms with Crippen LogP contribution in [0, 0.1) is 4.77 Å². The second-order valence-corrected chi connectivity index (χ2v) is 4.94. The van der Waals surface area contributed by atoms with Crippen LogP contribution in [0.1, 0.15) is 19.8 Å². The zero-order valence-electron chi connectivity index (χ0n) is 10.7. The minimum atomic E-state index is 0.262. The zero-order valence-corrected chi connectivity index (χ0v) is 12.4. The van der Waals surface area contributed by atoms with E-state index in [2.05, 4.69) is 42.3 Å². The molecule has 8 nitrogen and oxygen atoms in total. The minimum absolute atomic E-state index is 0.262. The lowest BCUT2D eigenvalue weighted by Gasteiger charge is -2.05. The summed E-state index contributed by atoms with van der Waals surface area (Å²) in [5.74, 6) is 0. The van der Waals surface area contributed by atoms with Crippen LogP contribution in [0.2, 0.25) is 0 Å². The minimum Gasteiger partial charge on any atom is -0.370 e. The van der Waals surface area contributed by atoms with Gasteiger partial charge in [0.1, 0.15) is 12.7 Å². The van der Waals surface area contributed by atoms with Crippen LogP contribution in [-0.2, 0) is 0 Å². The van der Waals surface area contributed by atoms with Gasteiger partial charge >= 0.3 is 6.01 Å². The Morgan fingerprint density at radius 1 is 1.30 bits per heavy atom. The molecular weight excluding hydrogens is 298 g/mol. The lowest BCUT2D eigenvalue weighted by Crippen LogP contribution is -2.21. The Hall–Kier alpha value is -1.65. The summed E-state index contributed by atoms with van der Waals surface area (Å²) in [6.45, 7) is 2.83. The topological polar surface area (TPSA) is 102 Å². The van der Waals surface area contributed by atoms with Crippen molar-refractivity contribution in [1.82, 2.24) is 35.4 Å². The van der Waals surface area contributed by atoms with Crippen LogP contribution in [0.15, 0.2) is 23.0 Å². The van der Waals surface area contributed by atoms with Crippen molar-refractivity contribution in [2.75, 3.05) is 6.54 Å². The molecule has 0 atom stereocenters. The van der Waals surface area contributed by atoms with Crippen LogP contribution in [0.3, 0.4) is 0 Å². The lowest BCUT2D eigenvalue weighted by atomic mass is 10.3. The smallest absolute Gasteiger partial charge is 0.318 e. The fourth-order valence-corrected chi connectivity index (χ4v) is 2.03. The average molecular weight is 311 g/mol. The monoisotopic (exact) mass is 311 g/mol. The van der Waals surface area contributed by atoms with E-state index in [4.69, 9.17) is 17.1 Å². The molecule has 2 heterocycles. The van der Waals surface area contributed by atoms with Crippen LogP contribution in [0.25, 0.3) is 0 Å². The van der Waals surface area contributed by atoms with E-state index in [0.717, 1.165) is 19.4 Å². The van der Waals surface area contributed by atoms with Crippen molar-refractivity contribution in [3.63, 3.8) is 0 Å². The molecule has 0 aliphatic heterocycles. The van der Waals surface area contributed by atoms with Gasteiger partial charge in [-0.2, -0.15) is 15.4 Å². The fourth-order valence-electron chi connectivity index (χ4n) is 1.17. The van der Waals surface area contributed by atoms with E-state index >= 15 is 0 Å². The van der Waals surface area contributed by atoms with Crippen molar-refractivity contribution in [3.05, 3.63) is 17.4 Å². The first-order valence-electron chi connectivity index (χ1n) is 5.96. The summed E-state index contributed by atoms with van der Waals surface area (Å²) in [7, 11) is 0. The van der Waals surface area contributed by atoms with Crippen molar-refractivity contribution in [1.29, 1.82) is 0 Å². The van der Waals surface area contributed by atoms with Crippen molar-refractivity contribution in [2.45, 2.75) is 30.1 Å². The van der Waals surface area contributed by atoms with Gasteiger partial charge in [0.2, 0.25) is 9.93 Å². The summed E-state index contributed by atoms with van der Waals surface area (Å²) in [6, 6.07) is 0.262. The van der Waals surface area contributed by atoms with Gasteiger partial charge in [-0.25, -0.2) is 15.0 Å². The Morgan fingerprint density at radius 2 is 2.10 bits per heavy atom. The molecule has 2 aromatic heterocycles. The van der Waals surface area contributed by atoms with Gasteiger partial charge in [-0.3, -0.25) is 4.98 Å². The standard InChI is InChI=1S/C10H13N7OS2/c1-2-3-4-14-18-7-15-8(19)17-10(16-7)20-9-12-5-11-6-13-9/h5-6,14H,2-4H2,1H3,(H,15,16,17,19). The van der Waals surface area contributed by atoms with Gasteiger partial charge in [0.05, 0.1) is 0 Å². The third kappa shape index (κ3) is 4.79. The second-order valence-electron chi connectivity index (χ2n) is 3.61. The number of aromatic nitrogens is 6. The third-order valence-electron chi connectivity index (χ3n) is 2.06. The first-order valence-corrected chi connectivity index (χ1v) is 7.18. The molecule has 0 aliphatic carbocycles. The van der Waals surface area contributed by atoms with Gasteiger partial charge in [-0.15, -0.1) is 0 Å². The summed E-state index contributed by atoms with van der Waals surface area (Å²) in [5, 5.41) is 0.901. The summed E-state index contributed by atoms with van der Waals surface area (Å²) >= 11 is 6.20. The Balaban J connectivity index is 2.03. The maximum absolute atomic E-state index is 5.28. The van der Waals surface area contributed by atoms with E-state index < -0.39 is 0 Å². The van der Waals surface area contributed by atoms with Gasteiger partial charge in [0.15, 0.2) is 5.16 Å². The summed E-state index contributed by atoms with van der Waals surface area (Å²) in [5.41, 5.74) is 2.80. The van der Waals surface area contributed by atoms with Crippen molar-refractivity contribution in [2.24, 2.45) is 0 Å². The molecule has 2 aromatic rings. The molecule has 0 aromatic carbocycles. The maximum atomic E-state index is 5.28. The second kappa shape index (κ2) is 7.82. The zero-order chi connectivity index (χ0) is 14.2. The molecule has 0 aliphatic rings. The molecule has 0 spiro atoms. The highest BCUT2D eigenvalue weighted by molar-refractivity contribution is 7.99. The van der Waals surface area contributed by atoms with Crippen LogP contribution in [-0.4, -0.2) is 36.4 Å². The molecule has 0 saturated carbocycles. The van der Waals surface area contributed by atoms with E-state index in [0.29, 0.717) is 10.3 Å². The Kier molecular flexibility index (Phi) is 5.77. The highest BCUT2D eigenvalue weighted by atomic mass is 32.2. The van der Waals surface area contributed by atoms with E-state index in [9.17, 15) is 0 Å². The summed E-state index contributed by atoms with van der Waals surface area (Å²) < 4.78 is 0.281. The lowest BCUT2D eigenvalue weighted by molar-refractivity contribution is 0.173. The molecule has 0 unspecified atom stereocenters. The number of H-pyrrole nitrogens is 1. The number of unbranched alkanes of at least 4 members (excludes halogenated alkanes) is 1. The van der Waals surface area contributed by atoms with Gasteiger partial charge < -0.3 is 4.84 Å². The molecule has 10 heteroatoms. The molecule has 2 rings (SSSR count). The molecule has 0 radical (unpaired) electrons. The molecule has 0 fully saturated rings. The van der Waals surface area contributed by atoms with Crippen molar-refractivity contribution in [3.8, 4) is 6.01 Å². The number of aromatic amines is 1. The fraction of sp³-hybridized carbons (Fsp3) is 0.400. The van der Waals surface area contributed by atoms with Crippen LogP contribution in [0.4, 0.5) is 0 Å². The maximum Gasteiger partial charge on any atom is 0.318 e. The molecular formula is C10H13N7OS2. The van der Waals surface area contributed by atoms with Gasteiger partial charge in [0, 0.05) is 6.54 Å². The Labute approximate surface area is 124 Å². The van der Waals surface area contributed by atoms with E-state index in [1.54, 1.807) is 0 Å². The number of hydroxylamine groups is 1. The van der Waals surface area contributed by atoms with Crippen molar-refractivity contribution < 1.29 is 4.84 Å². The average Bonchev–Trinajstić information content (AvgIpc) is 2.44.